The first kappa shape index (κ1) is 17.8. The van der Waals surface area contributed by atoms with Crippen LogP contribution in [0.15, 0.2) is 59.4 Å². The number of nitrogens with one attached hydrogen (secondary N) is 1. The fourth-order valence-corrected chi connectivity index (χ4v) is 2.82. The lowest BCUT2D eigenvalue weighted by Gasteiger charge is -2.14. The molecular weight excluding hydrogens is 328 g/mol. The van der Waals surface area contributed by atoms with Crippen molar-refractivity contribution in [2.45, 2.75) is 38.8 Å². The lowest BCUT2D eigenvalue weighted by Crippen LogP contribution is -2.34. The SMILES string of the molecule is CC(CCc1ccccc1)NC(=O)CCn1nnc2ccccc2c1=O. The Bertz CT molecular complexity index is 937. The second kappa shape index (κ2) is 8.38. The van der Waals surface area contributed by atoms with Gasteiger partial charge < -0.3 is 5.32 Å². The summed E-state index contributed by atoms with van der Waals surface area (Å²) < 4.78 is 1.25. The second-order valence-electron chi connectivity index (χ2n) is 6.38. The smallest absolute Gasteiger partial charge is 0.277 e. The maximum Gasteiger partial charge on any atom is 0.277 e. The Morgan fingerprint density at radius 2 is 1.85 bits per heavy atom. The number of hydrogen-bond acceptors (Lipinski definition) is 4. The van der Waals surface area contributed by atoms with Crippen LogP contribution < -0.4 is 10.9 Å². The Morgan fingerprint density at radius 3 is 2.65 bits per heavy atom. The van der Waals surface area contributed by atoms with E-state index in [-0.39, 0.29) is 30.5 Å². The normalized spacial score (nSPS) is 12.0. The molecule has 1 heterocycles. The van der Waals surface area contributed by atoms with Crippen molar-refractivity contribution in [3.8, 4) is 0 Å². The molecule has 6 heteroatoms. The topological polar surface area (TPSA) is 76.9 Å². The van der Waals surface area contributed by atoms with E-state index in [1.54, 1.807) is 18.2 Å². The minimum atomic E-state index is -0.222. The van der Waals surface area contributed by atoms with Gasteiger partial charge in [0, 0.05) is 12.5 Å². The lowest BCUT2D eigenvalue weighted by atomic mass is 10.1. The van der Waals surface area contributed by atoms with E-state index in [1.807, 2.05) is 31.2 Å². The van der Waals surface area contributed by atoms with Crippen LogP contribution in [0.5, 0.6) is 0 Å². The summed E-state index contributed by atoms with van der Waals surface area (Å²) in [5, 5.41) is 11.4. The zero-order valence-corrected chi connectivity index (χ0v) is 14.8. The third kappa shape index (κ3) is 4.53. The maximum atomic E-state index is 12.4. The number of fused-ring (bicyclic) bond motifs is 1. The zero-order valence-electron chi connectivity index (χ0n) is 14.8. The van der Waals surface area contributed by atoms with E-state index >= 15 is 0 Å². The number of nitrogens with zero attached hydrogens (tertiary/aromatic N) is 3. The van der Waals surface area contributed by atoms with Gasteiger partial charge in [0.1, 0.15) is 5.52 Å². The van der Waals surface area contributed by atoms with Crippen molar-refractivity contribution in [2.24, 2.45) is 0 Å². The van der Waals surface area contributed by atoms with E-state index in [9.17, 15) is 9.59 Å². The second-order valence-corrected chi connectivity index (χ2v) is 6.38. The molecule has 26 heavy (non-hydrogen) atoms. The molecule has 1 N–H and O–H groups in total. The summed E-state index contributed by atoms with van der Waals surface area (Å²) >= 11 is 0. The van der Waals surface area contributed by atoms with Crippen molar-refractivity contribution in [2.75, 3.05) is 0 Å². The molecule has 0 spiro atoms. The van der Waals surface area contributed by atoms with Crippen molar-refractivity contribution in [3.05, 3.63) is 70.5 Å². The van der Waals surface area contributed by atoms with E-state index in [0.717, 1.165) is 12.8 Å². The van der Waals surface area contributed by atoms with Gasteiger partial charge in [0.15, 0.2) is 0 Å². The molecule has 0 radical (unpaired) electrons. The van der Waals surface area contributed by atoms with Crippen molar-refractivity contribution >= 4 is 16.8 Å². The van der Waals surface area contributed by atoms with Gasteiger partial charge in [-0.15, -0.1) is 5.10 Å². The highest BCUT2D eigenvalue weighted by atomic mass is 16.2. The Kier molecular flexibility index (Phi) is 5.73. The van der Waals surface area contributed by atoms with Gasteiger partial charge in [-0.2, -0.15) is 0 Å². The summed E-state index contributed by atoms with van der Waals surface area (Å²) in [4.78, 5) is 24.5. The molecular formula is C20H22N4O2. The lowest BCUT2D eigenvalue weighted by molar-refractivity contribution is -0.122. The van der Waals surface area contributed by atoms with Crippen LogP contribution >= 0.6 is 0 Å². The predicted octanol–water partition coefficient (Wildman–Crippen LogP) is 2.32. The highest BCUT2D eigenvalue weighted by Crippen LogP contribution is 2.05. The Balaban J connectivity index is 1.51. The summed E-state index contributed by atoms with van der Waals surface area (Å²) in [6.07, 6.45) is 1.98. The third-order valence-corrected chi connectivity index (χ3v) is 4.30. The molecule has 0 aliphatic carbocycles. The minimum Gasteiger partial charge on any atom is -0.354 e. The zero-order chi connectivity index (χ0) is 18.4. The molecule has 3 rings (SSSR count). The summed E-state index contributed by atoms with van der Waals surface area (Å²) in [5.74, 6) is -0.0904. The van der Waals surface area contributed by atoms with Crippen molar-refractivity contribution in [1.29, 1.82) is 0 Å². The van der Waals surface area contributed by atoms with Crippen LogP contribution in [0.1, 0.15) is 25.3 Å². The molecule has 1 aromatic heterocycles. The van der Waals surface area contributed by atoms with E-state index < -0.39 is 0 Å². The van der Waals surface area contributed by atoms with Crippen LogP contribution in [0.25, 0.3) is 10.9 Å². The Morgan fingerprint density at radius 1 is 1.12 bits per heavy atom. The molecule has 1 amide bonds. The molecule has 3 aromatic rings. The van der Waals surface area contributed by atoms with Crippen molar-refractivity contribution in [3.63, 3.8) is 0 Å². The molecule has 2 aromatic carbocycles. The summed E-state index contributed by atoms with van der Waals surface area (Å²) in [6.45, 7) is 2.21. The van der Waals surface area contributed by atoms with E-state index in [2.05, 4.69) is 27.8 Å². The third-order valence-electron chi connectivity index (χ3n) is 4.30. The number of hydrogen-bond donors (Lipinski definition) is 1. The van der Waals surface area contributed by atoms with E-state index in [0.29, 0.717) is 10.9 Å². The number of benzene rings is 2. The Labute approximate surface area is 151 Å². The first-order chi connectivity index (χ1) is 12.6. The van der Waals surface area contributed by atoms with Gasteiger partial charge in [0.2, 0.25) is 5.91 Å². The molecule has 0 bridgehead atoms. The molecule has 0 saturated carbocycles. The highest BCUT2D eigenvalue weighted by molar-refractivity contribution is 5.77. The molecule has 0 saturated heterocycles. The van der Waals surface area contributed by atoms with Gasteiger partial charge in [-0.25, -0.2) is 4.68 Å². The molecule has 0 aliphatic rings. The largest absolute Gasteiger partial charge is 0.354 e. The molecule has 134 valence electrons. The molecule has 1 atom stereocenters. The van der Waals surface area contributed by atoms with Gasteiger partial charge in [0.05, 0.1) is 11.9 Å². The minimum absolute atomic E-state index is 0.0714. The summed E-state index contributed by atoms with van der Waals surface area (Å²) in [5.41, 5.74) is 1.60. The van der Waals surface area contributed by atoms with Crippen molar-refractivity contribution < 1.29 is 4.79 Å². The van der Waals surface area contributed by atoms with E-state index in [4.69, 9.17) is 0 Å². The number of amides is 1. The van der Waals surface area contributed by atoms with Gasteiger partial charge in [-0.1, -0.05) is 47.7 Å². The molecule has 0 aliphatic heterocycles. The van der Waals surface area contributed by atoms with Crippen LogP contribution in [0.4, 0.5) is 0 Å². The quantitative estimate of drug-likeness (QED) is 0.709. The van der Waals surface area contributed by atoms with Gasteiger partial charge >= 0.3 is 0 Å². The van der Waals surface area contributed by atoms with Crippen LogP contribution in [-0.2, 0) is 17.8 Å². The summed E-state index contributed by atoms with van der Waals surface area (Å²) in [7, 11) is 0. The number of carbonyl (C=O) groups excluding carboxylic acids is 1. The number of carbonyl (C=O) groups is 1. The highest BCUT2D eigenvalue weighted by Gasteiger charge is 2.10. The monoisotopic (exact) mass is 350 g/mol. The maximum absolute atomic E-state index is 12.4. The number of rotatable bonds is 7. The fourth-order valence-electron chi connectivity index (χ4n) is 2.82. The van der Waals surface area contributed by atoms with Gasteiger partial charge in [-0.3, -0.25) is 9.59 Å². The average molecular weight is 350 g/mol. The number of aromatic nitrogens is 3. The van der Waals surface area contributed by atoms with Crippen molar-refractivity contribution in [1.82, 2.24) is 20.3 Å². The molecule has 1 unspecified atom stereocenters. The fraction of sp³-hybridized carbons (Fsp3) is 0.300. The van der Waals surface area contributed by atoms with E-state index in [1.165, 1.54) is 10.2 Å². The first-order valence-electron chi connectivity index (χ1n) is 8.79. The molecule has 0 fully saturated rings. The van der Waals surface area contributed by atoms with Crippen LogP contribution in [0.2, 0.25) is 0 Å². The summed E-state index contributed by atoms with van der Waals surface area (Å²) in [6, 6.07) is 17.3. The standard InChI is InChI=1S/C20H22N4O2/c1-15(11-12-16-7-3-2-4-8-16)21-19(25)13-14-24-20(26)17-9-5-6-10-18(17)22-23-24/h2-10,15H,11-14H2,1H3,(H,21,25). The Hall–Kier alpha value is -3.02. The number of aryl methyl sites for hydroxylation is 2. The van der Waals surface area contributed by atoms with Crippen LogP contribution in [-0.4, -0.2) is 26.9 Å². The average Bonchev–Trinajstić information content (AvgIpc) is 2.67. The van der Waals surface area contributed by atoms with Crippen LogP contribution in [0.3, 0.4) is 0 Å². The van der Waals surface area contributed by atoms with Gasteiger partial charge in [0.25, 0.3) is 5.56 Å². The van der Waals surface area contributed by atoms with Gasteiger partial charge in [-0.05, 0) is 37.5 Å². The first-order valence-corrected chi connectivity index (χ1v) is 8.79. The predicted molar refractivity (Wildman–Crippen MR) is 101 cm³/mol. The van der Waals surface area contributed by atoms with Crippen LogP contribution in [0, 0.1) is 0 Å². The molecule has 6 nitrogen and oxygen atoms in total.